The van der Waals surface area contributed by atoms with Gasteiger partial charge in [-0.05, 0) is 55.4 Å². The first-order chi connectivity index (χ1) is 14.5. The maximum Gasteiger partial charge on any atom is 0.220 e. The number of ketones is 1. The van der Waals surface area contributed by atoms with Crippen LogP contribution in [0.3, 0.4) is 0 Å². The summed E-state index contributed by atoms with van der Waals surface area (Å²) in [5.41, 5.74) is 1.99. The molecule has 0 saturated heterocycles. The first kappa shape index (κ1) is 22.5. The summed E-state index contributed by atoms with van der Waals surface area (Å²) in [6.07, 6.45) is 15.2. The molecular formula is C25H30ClNO3. The van der Waals surface area contributed by atoms with E-state index in [4.69, 9.17) is 11.6 Å². The van der Waals surface area contributed by atoms with E-state index in [1.54, 1.807) is 6.08 Å². The Morgan fingerprint density at radius 3 is 2.73 bits per heavy atom. The minimum Gasteiger partial charge on any atom is -0.389 e. The Hall–Kier alpha value is -2.17. The van der Waals surface area contributed by atoms with Gasteiger partial charge in [-0.1, -0.05) is 54.1 Å². The van der Waals surface area contributed by atoms with E-state index < -0.39 is 6.10 Å². The smallest absolute Gasteiger partial charge is 0.220 e. The highest BCUT2D eigenvalue weighted by Crippen LogP contribution is 2.27. The summed E-state index contributed by atoms with van der Waals surface area (Å²) in [7, 11) is 0. The lowest BCUT2D eigenvalue weighted by atomic mass is 9.95. The van der Waals surface area contributed by atoms with Crippen LogP contribution in [0.1, 0.15) is 50.5 Å². The van der Waals surface area contributed by atoms with Crippen molar-refractivity contribution in [3.05, 3.63) is 70.8 Å². The quantitative estimate of drug-likeness (QED) is 0.397. The Labute approximate surface area is 183 Å². The molecule has 1 aromatic carbocycles. The molecular weight excluding hydrogens is 398 g/mol. The molecule has 0 bridgehead atoms. The number of unbranched alkanes of at least 4 members (excludes halogenated alkanes) is 1. The van der Waals surface area contributed by atoms with Gasteiger partial charge in [-0.2, -0.15) is 0 Å². The summed E-state index contributed by atoms with van der Waals surface area (Å²) in [4.78, 5) is 23.9. The van der Waals surface area contributed by atoms with Gasteiger partial charge in [0.05, 0.1) is 6.10 Å². The van der Waals surface area contributed by atoms with Crippen LogP contribution in [0, 0.1) is 5.92 Å². The Balaban J connectivity index is 1.40. The van der Waals surface area contributed by atoms with Gasteiger partial charge < -0.3 is 10.4 Å². The largest absolute Gasteiger partial charge is 0.389 e. The number of Topliss-reactive ketones (excluding diaryl/α,β-unsaturated/α-hetero) is 1. The maximum atomic E-state index is 12.2. The van der Waals surface area contributed by atoms with E-state index in [9.17, 15) is 14.7 Å². The summed E-state index contributed by atoms with van der Waals surface area (Å²) < 4.78 is 0. The molecule has 30 heavy (non-hydrogen) atoms. The molecule has 0 aromatic heterocycles. The van der Waals surface area contributed by atoms with Crippen molar-refractivity contribution in [3.63, 3.8) is 0 Å². The van der Waals surface area contributed by atoms with E-state index in [1.807, 2.05) is 42.5 Å². The van der Waals surface area contributed by atoms with E-state index >= 15 is 0 Å². The second-order valence-corrected chi connectivity index (χ2v) is 8.56. The standard InChI is InChI=1S/C25H30ClNO3/c26-20-11-7-18(8-12-20)17-22(28)15-9-19-10-16-24(29)23(19)5-3-1-2-4-6-25(30)27-21-13-14-21/h1,3,7-12,15,21-23,28H,2,4-6,13-14,16-17H2,(H,27,30)/b3-1-,15-9+/t22-,23-/m1/s1. The minimum absolute atomic E-state index is 0.140. The predicted octanol–water partition coefficient (Wildman–Crippen LogP) is 4.71. The number of benzene rings is 1. The molecule has 0 radical (unpaired) electrons. The van der Waals surface area contributed by atoms with Gasteiger partial charge in [0.15, 0.2) is 0 Å². The zero-order chi connectivity index (χ0) is 21.3. The van der Waals surface area contributed by atoms with Crippen molar-refractivity contribution < 1.29 is 14.7 Å². The first-order valence-corrected chi connectivity index (χ1v) is 11.2. The Bertz CT molecular complexity index is 821. The van der Waals surface area contributed by atoms with E-state index in [-0.39, 0.29) is 17.6 Å². The molecule has 1 saturated carbocycles. The Morgan fingerprint density at radius 1 is 1.23 bits per heavy atom. The molecule has 1 fully saturated rings. The number of allylic oxidation sites excluding steroid dienone is 5. The second kappa shape index (κ2) is 11.3. The van der Waals surface area contributed by atoms with Gasteiger partial charge in [-0.3, -0.25) is 9.59 Å². The normalized spacial score (nSPS) is 20.1. The molecule has 2 N–H and O–H groups in total. The van der Waals surface area contributed by atoms with Gasteiger partial charge in [0.2, 0.25) is 5.91 Å². The number of rotatable bonds is 11. The van der Waals surface area contributed by atoms with Crippen molar-refractivity contribution in [1.29, 1.82) is 0 Å². The third kappa shape index (κ3) is 7.58. The Morgan fingerprint density at radius 2 is 2.00 bits per heavy atom. The molecule has 0 unspecified atom stereocenters. The Kier molecular flexibility index (Phi) is 8.47. The highest BCUT2D eigenvalue weighted by Gasteiger charge is 2.25. The number of hydrogen-bond acceptors (Lipinski definition) is 3. The van der Waals surface area contributed by atoms with E-state index in [0.29, 0.717) is 36.7 Å². The number of carbonyl (C=O) groups excluding carboxylic acids is 2. The van der Waals surface area contributed by atoms with Crippen molar-refractivity contribution in [1.82, 2.24) is 5.32 Å². The number of aliphatic hydroxyl groups is 1. The van der Waals surface area contributed by atoms with Gasteiger partial charge in [-0.25, -0.2) is 0 Å². The topological polar surface area (TPSA) is 66.4 Å². The summed E-state index contributed by atoms with van der Waals surface area (Å²) >= 11 is 5.89. The second-order valence-electron chi connectivity index (χ2n) is 8.13. The lowest BCUT2D eigenvalue weighted by molar-refractivity contribution is -0.121. The lowest BCUT2D eigenvalue weighted by Gasteiger charge is -2.10. The van der Waals surface area contributed by atoms with Crippen LogP contribution in [-0.2, 0) is 16.0 Å². The third-order valence-electron chi connectivity index (χ3n) is 5.45. The van der Waals surface area contributed by atoms with Crippen molar-refractivity contribution in [2.75, 3.05) is 0 Å². The van der Waals surface area contributed by atoms with E-state index in [0.717, 1.165) is 36.8 Å². The highest BCUT2D eigenvalue weighted by molar-refractivity contribution is 6.30. The van der Waals surface area contributed by atoms with E-state index in [1.165, 1.54) is 0 Å². The number of halogens is 1. The average Bonchev–Trinajstić information content (AvgIpc) is 3.46. The van der Waals surface area contributed by atoms with E-state index in [2.05, 4.69) is 11.4 Å². The summed E-state index contributed by atoms with van der Waals surface area (Å²) in [6.45, 7) is 0. The first-order valence-electron chi connectivity index (χ1n) is 10.8. The number of hydrogen-bond donors (Lipinski definition) is 2. The van der Waals surface area contributed by atoms with Crippen LogP contribution >= 0.6 is 11.6 Å². The predicted molar refractivity (Wildman–Crippen MR) is 120 cm³/mol. The van der Waals surface area contributed by atoms with Crippen molar-refractivity contribution >= 4 is 23.3 Å². The van der Waals surface area contributed by atoms with Crippen LogP contribution in [0.5, 0.6) is 0 Å². The fraction of sp³-hybridized carbons (Fsp3) is 0.440. The molecule has 5 heteroatoms. The molecule has 1 amide bonds. The molecule has 4 nitrogen and oxygen atoms in total. The SMILES string of the molecule is O=C(CCC/C=C\C[C@H]1C(=O)CC=C1/C=C/[C@@H](O)Cc1ccc(Cl)cc1)NC1CC1. The van der Waals surface area contributed by atoms with Crippen LogP contribution in [0.15, 0.2) is 60.2 Å². The molecule has 2 atom stereocenters. The molecule has 2 aliphatic carbocycles. The van der Waals surface area contributed by atoms with Crippen LogP contribution in [0.2, 0.25) is 5.02 Å². The molecule has 3 rings (SSSR count). The average molecular weight is 428 g/mol. The number of aliphatic hydroxyl groups excluding tert-OH is 1. The van der Waals surface area contributed by atoms with Crippen molar-refractivity contribution in [3.8, 4) is 0 Å². The lowest BCUT2D eigenvalue weighted by Crippen LogP contribution is -2.24. The molecule has 0 heterocycles. The van der Waals surface area contributed by atoms with Gasteiger partial charge in [0, 0.05) is 36.2 Å². The van der Waals surface area contributed by atoms with Crippen LogP contribution < -0.4 is 5.32 Å². The van der Waals surface area contributed by atoms with Crippen molar-refractivity contribution in [2.24, 2.45) is 5.92 Å². The van der Waals surface area contributed by atoms with Gasteiger partial charge in [-0.15, -0.1) is 0 Å². The highest BCUT2D eigenvalue weighted by atomic mass is 35.5. The zero-order valence-electron chi connectivity index (χ0n) is 17.2. The van der Waals surface area contributed by atoms with Crippen LogP contribution in [-0.4, -0.2) is 28.9 Å². The molecule has 0 spiro atoms. The van der Waals surface area contributed by atoms with Gasteiger partial charge in [0.25, 0.3) is 0 Å². The monoisotopic (exact) mass is 427 g/mol. The van der Waals surface area contributed by atoms with Crippen LogP contribution in [0.25, 0.3) is 0 Å². The molecule has 0 aliphatic heterocycles. The number of amides is 1. The molecule has 1 aromatic rings. The number of carbonyl (C=O) groups is 2. The van der Waals surface area contributed by atoms with Crippen molar-refractivity contribution in [2.45, 2.75) is 63.5 Å². The summed E-state index contributed by atoms with van der Waals surface area (Å²) in [5.74, 6) is 0.220. The summed E-state index contributed by atoms with van der Waals surface area (Å²) in [6, 6.07) is 7.85. The number of nitrogens with one attached hydrogen (secondary N) is 1. The van der Waals surface area contributed by atoms with Gasteiger partial charge in [0.1, 0.15) is 5.78 Å². The third-order valence-corrected chi connectivity index (χ3v) is 5.71. The fourth-order valence-electron chi connectivity index (χ4n) is 3.55. The maximum absolute atomic E-state index is 12.2. The van der Waals surface area contributed by atoms with Gasteiger partial charge >= 0.3 is 0 Å². The van der Waals surface area contributed by atoms with Crippen LogP contribution in [0.4, 0.5) is 0 Å². The molecule has 2 aliphatic rings. The summed E-state index contributed by atoms with van der Waals surface area (Å²) in [5, 5.41) is 14.0. The minimum atomic E-state index is -0.610. The molecule has 160 valence electrons. The zero-order valence-corrected chi connectivity index (χ0v) is 18.0. The fourth-order valence-corrected chi connectivity index (χ4v) is 3.68.